The fraction of sp³-hybridized carbons (Fsp3) is 0.158. The van der Waals surface area contributed by atoms with Gasteiger partial charge >= 0.3 is 0 Å². The first kappa shape index (κ1) is 12.9. The molecule has 0 heterocycles. The van der Waals surface area contributed by atoms with Gasteiger partial charge in [-0.2, -0.15) is 0 Å². The highest BCUT2D eigenvalue weighted by atomic mass is 14.6. The van der Waals surface area contributed by atoms with Gasteiger partial charge in [0.25, 0.3) is 0 Å². The molecule has 0 aromatic heterocycles. The van der Waals surface area contributed by atoms with Crippen LogP contribution >= 0.6 is 0 Å². The van der Waals surface area contributed by atoms with Crippen molar-refractivity contribution < 1.29 is 0 Å². The van der Waals surface area contributed by atoms with Gasteiger partial charge in [0.15, 0.2) is 0 Å². The molecule has 0 saturated carbocycles. The quantitative estimate of drug-likeness (QED) is 0.722. The summed E-state index contributed by atoms with van der Waals surface area (Å²) in [5.41, 5.74) is 11.3. The molecule has 1 unspecified atom stereocenters. The molecule has 0 bridgehead atoms. The summed E-state index contributed by atoms with van der Waals surface area (Å²) in [5.74, 6) is 0. The molecule has 0 fully saturated rings. The van der Waals surface area contributed by atoms with Crippen LogP contribution in [-0.2, 0) is 0 Å². The van der Waals surface area contributed by atoms with E-state index in [1.165, 1.54) is 27.5 Å². The first-order valence-electron chi connectivity index (χ1n) is 6.96. The predicted octanol–water partition coefficient (Wildman–Crippen LogP) is 4.50. The third kappa shape index (κ3) is 2.45. The topological polar surface area (TPSA) is 26.0 Å². The molecule has 0 saturated heterocycles. The van der Waals surface area contributed by atoms with E-state index in [-0.39, 0.29) is 6.04 Å². The number of benzene rings is 3. The van der Waals surface area contributed by atoms with Gasteiger partial charge in [0.1, 0.15) is 0 Å². The summed E-state index contributed by atoms with van der Waals surface area (Å²) in [6.45, 7) is 4.23. The van der Waals surface area contributed by atoms with Gasteiger partial charge in [0, 0.05) is 0 Å². The highest BCUT2D eigenvalue weighted by Gasteiger charge is 2.10. The van der Waals surface area contributed by atoms with Crippen molar-refractivity contribution in [1.82, 2.24) is 0 Å². The van der Waals surface area contributed by atoms with Crippen molar-refractivity contribution in [3.8, 4) is 0 Å². The predicted molar refractivity (Wildman–Crippen MR) is 85.9 cm³/mol. The van der Waals surface area contributed by atoms with E-state index >= 15 is 0 Å². The molecule has 0 radical (unpaired) electrons. The highest BCUT2D eigenvalue weighted by Crippen LogP contribution is 2.25. The zero-order valence-corrected chi connectivity index (χ0v) is 11.9. The standard InChI is InChI=1S/C19H19N/c1-13-9-14(2)11-18(10-13)19(20)17-8-7-15-5-3-4-6-16(15)12-17/h3-12,19H,20H2,1-2H3. The maximum Gasteiger partial charge on any atom is 0.0552 e. The second-order valence-corrected chi connectivity index (χ2v) is 5.51. The van der Waals surface area contributed by atoms with E-state index in [1.54, 1.807) is 0 Å². The Morgan fingerprint density at radius 2 is 1.35 bits per heavy atom. The first-order chi connectivity index (χ1) is 9.63. The van der Waals surface area contributed by atoms with Crippen LogP contribution in [0.1, 0.15) is 28.3 Å². The molecule has 1 atom stereocenters. The van der Waals surface area contributed by atoms with Crippen LogP contribution < -0.4 is 5.73 Å². The van der Waals surface area contributed by atoms with E-state index in [1.807, 2.05) is 0 Å². The lowest BCUT2D eigenvalue weighted by molar-refractivity contribution is 0.870. The van der Waals surface area contributed by atoms with Crippen LogP contribution in [0.25, 0.3) is 10.8 Å². The molecule has 0 aliphatic heterocycles. The first-order valence-corrected chi connectivity index (χ1v) is 6.96. The van der Waals surface area contributed by atoms with Crippen LogP contribution in [0.4, 0.5) is 0 Å². The molecular weight excluding hydrogens is 242 g/mol. The number of rotatable bonds is 2. The van der Waals surface area contributed by atoms with Gasteiger partial charge in [0.2, 0.25) is 0 Å². The van der Waals surface area contributed by atoms with Crippen molar-refractivity contribution in [2.45, 2.75) is 19.9 Å². The molecular formula is C19H19N. The van der Waals surface area contributed by atoms with E-state index < -0.39 is 0 Å². The number of nitrogens with two attached hydrogens (primary N) is 1. The summed E-state index contributed by atoms with van der Waals surface area (Å²) in [5, 5.41) is 2.49. The summed E-state index contributed by atoms with van der Waals surface area (Å²) in [6, 6.07) is 21.3. The molecule has 0 amide bonds. The van der Waals surface area contributed by atoms with Gasteiger partial charge in [0.05, 0.1) is 6.04 Å². The summed E-state index contributed by atoms with van der Waals surface area (Å²) < 4.78 is 0. The minimum atomic E-state index is -0.0711. The number of hydrogen-bond donors (Lipinski definition) is 1. The SMILES string of the molecule is Cc1cc(C)cc(C(N)c2ccc3ccccc3c2)c1. The largest absolute Gasteiger partial charge is 0.320 e. The Balaban J connectivity index is 2.05. The summed E-state index contributed by atoms with van der Waals surface area (Å²) in [4.78, 5) is 0. The lowest BCUT2D eigenvalue weighted by Gasteiger charge is -2.15. The molecule has 2 N–H and O–H groups in total. The molecule has 0 aliphatic rings. The molecule has 20 heavy (non-hydrogen) atoms. The Bertz CT molecular complexity index is 738. The second kappa shape index (κ2) is 5.10. The monoisotopic (exact) mass is 261 g/mol. The normalized spacial score (nSPS) is 12.6. The van der Waals surface area contributed by atoms with Gasteiger partial charge in [-0.1, -0.05) is 65.7 Å². The van der Waals surface area contributed by atoms with E-state index in [2.05, 4.69) is 74.5 Å². The highest BCUT2D eigenvalue weighted by molar-refractivity contribution is 5.83. The third-order valence-electron chi connectivity index (χ3n) is 3.74. The van der Waals surface area contributed by atoms with Crippen LogP contribution in [0.5, 0.6) is 0 Å². The van der Waals surface area contributed by atoms with E-state index in [0.29, 0.717) is 0 Å². The molecule has 1 nitrogen and oxygen atoms in total. The number of aryl methyl sites for hydroxylation is 2. The van der Waals surface area contributed by atoms with Gasteiger partial charge in [-0.3, -0.25) is 0 Å². The Kier molecular flexibility index (Phi) is 3.29. The summed E-state index contributed by atoms with van der Waals surface area (Å²) >= 11 is 0. The Labute approximate surface area is 120 Å². The Morgan fingerprint density at radius 1 is 0.700 bits per heavy atom. The van der Waals surface area contributed by atoms with Crippen molar-refractivity contribution >= 4 is 10.8 Å². The van der Waals surface area contributed by atoms with E-state index in [4.69, 9.17) is 5.73 Å². The molecule has 1 heteroatoms. The van der Waals surface area contributed by atoms with Crippen molar-refractivity contribution in [3.63, 3.8) is 0 Å². The van der Waals surface area contributed by atoms with Gasteiger partial charge < -0.3 is 5.73 Å². The molecule has 3 aromatic carbocycles. The minimum absolute atomic E-state index is 0.0711. The van der Waals surface area contributed by atoms with Crippen LogP contribution in [0.2, 0.25) is 0 Å². The van der Waals surface area contributed by atoms with Gasteiger partial charge in [-0.05, 0) is 41.8 Å². The van der Waals surface area contributed by atoms with E-state index in [0.717, 1.165) is 5.56 Å². The zero-order chi connectivity index (χ0) is 14.1. The lowest BCUT2D eigenvalue weighted by Crippen LogP contribution is -2.12. The fourth-order valence-electron chi connectivity index (χ4n) is 2.78. The lowest BCUT2D eigenvalue weighted by atomic mass is 9.95. The van der Waals surface area contributed by atoms with Crippen molar-refractivity contribution in [2.24, 2.45) is 5.73 Å². The molecule has 3 aromatic rings. The smallest absolute Gasteiger partial charge is 0.0552 e. The van der Waals surface area contributed by atoms with Gasteiger partial charge in [-0.25, -0.2) is 0 Å². The number of hydrogen-bond acceptors (Lipinski definition) is 1. The number of fused-ring (bicyclic) bond motifs is 1. The Morgan fingerprint density at radius 3 is 2.05 bits per heavy atom. The van der Waals surface area contributed by atoms with Gasteiger partial charge in [-0.15, -0.1) is 0 Å². The van der Waals surface area contributed by atoms with Crippen LogP contribution in [0.3, 0.4) is 0 Å². The van der Waals surface area contributed by atoms with Crippen molar-refractivity contribution in [3.05, 3.63) is 82.9 Å². The van der Waals surface area contributed by atoms with Crippen LogP contribution in [-0.4, -0.2) is 0 Å². The van der Waals surface area contributed by atoms with Crippen LogP contribution in [0, 0.1) is 13.8 Å². The Hall–Kier alpha value is -2.12. The molecule has 3 rings (SSSR count). The van der Waals surface area contributed by atoms with Crippen molar-refractivity contribution in [1.29, 1.82) is 0 Å². The summed E-state index contributed by atoms with van der Waals surface area (Å²) in [6.07, 6.45) is 0. The van der Waals surface area contributed by atoms with E-state index in [9.17, 15) is 0 Å². The third-order valence-corrected chi connectivity index (χ3v) is 3.74. The minimum Gasteiger partial charge on any atom is -0.320 e. The molecule has 100 valence electrons. The molecule has 0 aliphatic carbocycles. The average molecular weight is 261 g/mol. The maximum atomic E-state index is 6.45. The molecule has 0 spiro atoms. The van der Waals surface area contributed by atoms with Crippen LogP contribution in [0.15, 0.2) is 60.7 Å². The second-order valence-electron chi connectivity index (χ2n) is 5.51. The average Bonchev–Trinajstić information content (AvgIpc) is 2.45. The maximum absolute atomic E-state index is 6.45. The fourth-order valence-corrected chi connectivity index (χ4v) is 2.78. The van der Waals surface area contributed by atoms with Crippen molar-refractivity contribution in [2.75, 3.05) is 0 Å². The summed E-state index contributed by atoms with van der Waals surface area (Å²) in [7, 11) is 0. The zero-order valence-electron chi connectivity index (χ0n) is 11.9.